The van der Waals surface area contributed by atoms with Crippen molar-refractivity contribution in [2.75, 3.05) is 13.7 Å². The Kier molecular flexibility index (Phi) is 2.98. The molecule has 2 rings (SSSR count). The molecule has 0 spiro atoms. The van der Waals surface area contributed by atoms with Crippen molar-refractivity contribution in [2.24, 2.45) is 5.41 Å². The van der Waals surface area contributed by atoms with E-state index in [1.54, 1.807) is 7.11 Å². The second-order valence-electron chi connectivity index (χ2n) is 4.82. The van der Waals surface area contributed by atoms with E-state index < -0.39 is 5.41 Å². The number of ether oxygens (including phenoxy) is 1. The maximum absolute atomic E-state index is 12.2. The molecule has 0 aromatic heterocycles. The van der Waals surface area contributed by atoms with Gasteiger partial charge in [0, 0.05) is 20.0 Å². The molecule has 0 unspecified atom stereocenters. The molecule has 1 fully saturated rings. The minimum absolute atomic E-state index is 0.205. The highest BCUT2D eigenvalue weighted by atomic mass is 16.5. The first-order valence-corrected chi connectivity index (χ1v) is 5.87. The summed E-state index contributed by atoms with van der Waals surface area (Å²) < 4.78 is 5.23. The summed E-state index contributed by atoms with van der Waals surface area (Å²) in [6, 6.07) is 0. The van der Waals surface area contributed by atoms with Gasteiger partial charge in [-0.1, -0.05) is 0 Å². The fourth-order valence-electron chi connectivity index (χ4n) is 3.08. The van der Waals surface area contributed by atoms with Gasteiger partial charge < -0.3 is 4.74 Å². The van der Waals surface area contributed by atoms with Crippen LogP contribution in [0.5, 0.6) is 0 Å². The third kappa shape index (κ3) is 1.54. The Morgan fingerprint density at radius 3 is 2.69 bits per heavy atom. The number of methoxy groups -OCH3 is 1. The van der Waals surface area contributed by atoms with Crippen molar-refractivity contribution >= 4 is 11.6 Å². The highest BCUT2D eigenvalue weighted by Crippen LogP contribution is 2.46. The molecular weight excluding hydrogens is 204 g/mol. The van der Waals surface area contributed by atoms with E-state index in [-0.39, 0.29) is 11.6 Å². The van der Waals surface area contributed by atoms with Crippen LogP contribution in [-0.4, -0.2) is 25.3 Å². The number of carbonyl (C=O) groups excluding carboxylic acids is 2. The average Bonchev–Trinajstić information content (AvgIpc) is 2.27. The average molecular weight is 222 g/mol. The zero-order valence-electron chi connectivity index (χ0n) is 9.97. The molecule has 0 heterocycles. The van der Waals surface area contributed by atoms with Crippen molar-refractivity contribution in [3.63, 3.8) is 0 Å². The van der Waals surface area contributed by atoms with Crippen LogP contribution in [0.25, 0.3) is 0 Å². The fraction of sp³-hybridized carbons (Fsp3) is 0.692. The molecule has 16 heavy (non-hydrogen) atoms. The molecule has 1 atom stereocenters. The van der Waals surface area contributed by atoms with E-state index in [0.29, 0.717) is 25.9 Å². The molecule has 3 heteroatoms. The molecule has 0 saturated heterocycles. The number of carbonyl (C=O) groups is 2. The third-order valence-corrected chi connectivity index (χ3v) is 3.98. The smallest absolute Gasteiger partial charge is 0.158 e. The van der Waals surface area contributed by atoms with Crippen molar-refractivity contribution in [3.05, 3.63) is 11.1 Å². The second kappa shape index (κ2) is 4.13. The number of rotatable bonds is 2. The topological polar surface area (TPSA) is 43.4 Å². The van der Waals surface area contributed by atoms with Crippen molar-refractivity contribution in [2.45, 2.75) is 39.0 Å². The number of ketones is 2. The molecule has 0 bridgehead atoms. The first-order chi connectivity index (χ1) is 7.62. The van der Waals surface area contributed by atoms with Gasteiger partial charge in [0.15, 0.2) is 5.78 Å². The van der Waals surface area contributed by atoms with E-state index in [4.69, 9.17) is 4.74 Å². The summed E-state index contributed by atoms with van der Waals surface area (Å²) in [5.74, 6) is 0.471. The molecular formula is C13H18O3. The number of fused-ring (bicyclic) bond motifs is 1. The van der Waals surface area contributed by atoms with Gasteiger partial charge in [0.1, 0.15) is 5.78 Å². The van der Waals surface area contributed by atoms with Crippen LogP contribution in [-0.2, 0) is 14.3 Å². The van der Waals surface area contributed by atoms with Crippen LogP contribution in [0.2, 0.25) is 0 Å². The summed E-state index contributed by atoms with van der Waals surface area (Å²) in [7, 11) is 1.63. The Morgan fingerprint density at radius 2 is 2.00 bits per heavy atom. The van der Waals surface area contributed by atoms with Crippen LogP contribution in [0.4, 0.5) is 0 Å². The van der Waals surface area contributed by atoms with Crippen LogP contribution < -0.4 is 0 Å². The second-order valence-corrected chi connectivity index (χ2v) is 4.82. The van der Waals surface area contributed by atoms with Crippen LogP contribution in [0.3, 0.4) is 0 Å². The van der Waals surface area contributed by atoms with Crippen molar-refractivity contribution < 1.29 is 14.3 Å². The molecule has 0 N–H and O–H groups in total. The lowest BCUT2D eigenvalue weighted by atomic mass is 9.62. The monoisotopic (exact) mass is 222 g/mol. The number of hydrogen-bond acceptors (Lipinski definition) is 3. The van der Waals surface area contributed by atoms with E-state index in [1.165, 1.54) is 0 Å². The SMILES string of the molecule is COC[C@@]12CCC(=O)C(C)=C1CCCC2=O. The summed E-state index contributed by atoms with van der Waals surface area (Å²) in [4.78, 5) is 23.9. The third-order valence-electron chi connectivity index (χ3n) is 3.98. The summed E-state index contributed by atoms with van der Waals surface area (Å²) in [5.41, 5.74) is 1.41. The van der Waals surface area contributed by atoms with Crippen LogP contribution in [0.1, 0.15) is 39.0 Å². The van der Waals surface area contributed by atoms with E-state index in [1.807, 2.05) is 6.92 Å². The first kappa shape index (κ1) is 11.5. The number of Topliss-reactive ketones (excluding diaryl/α,β-unsaturated/α-hetero) is 2. The maximum atomic E-state index is 12.2. The van der Waals surface area contributed by atoms with Gasteiger partial charge in [-0.25, -0.2) is 0 Å². The van der Waals surface area contributed by atoms with Gasteiger partial charge in [0.05, 0.1) is 12.0 Å². The Bertz CT molecular complexity index is 367. The highest BCUT2D eigenvalue weighted by Gasteiger charge is 2.47. The molecule has 3 nitrogen and oxygen atoms in total. The van der Waals surface area contributed by atoms with E-state index in [2.05, 4.69) is 0 Å². The van der Waals surface area contributed by atoms with E-state index in [9.17, 15) is 9.59 Å². The Morgan fingerprint density at radius 1 is 1.25 bits per heavy atom. The molecule has 88 valence electrons. The van der Waals surface area contributed by atoms with Crippen molar-refractivity contribution in [3.8, 4) is 0 Å². The Hall–Kier alpha value is -0.960. The Labute approximate surface area is 95.9 Å². The van der Waals surface area contributed by atoms with Gasteiger partial charge in [-0.15, -0.1) is 0 Å². The standard InChI is InChI=1S/C13H18O3/c1-9-10-4-3-5-12(15)13(10,8-16-2)7-6-11(9)14/h3-8H2,1-2H3/t13-/m0/s1. The Balaban J connectivity index is 2.48. The molecule has 0 amide bonds. The van der Waals surface area contributed by atoms with Gasteiger partial charge >= 0.3 is 0 Å². The zero-order chi connectivity index (χ0) is 11.8. The summed E-state index contributed by atoms with van der Waals surface area (Å²) in [5, 5.41) is 0. The highest BCUT2D eigenvalue weighted by molar-refractivity contribution is 6.01. The van der Waals surface area contributed by atoms with E-state index >= 15 is 0 Å². The molecule has 0 aliphatic heterocycles. The molecule has 0 aromatic carbocycles. The molecule has 1 saturated carbocycles. The quantitative estimate of drug-likeness (QED) is 0.718. The van der Waals surface area contributed by atoms with Crippen LogP contribution >= 0.6 is 0 Å². The minimum atomic E-state index is -0.467. The lowest BCUT2D eigenvalue weighted by Crippen LogP contribution is -2.44. The largest absolute Gasteiger partial charge is 0.383 e. The fourth-order valence-corrected chi connectivity index (χ4v) is 3.08. The summed E-state index contributed by atoms with van der Waals surface area (Å²) in [6.07, 6.45) is 3.53. The maximum Gasteiger partial charge on any atom is 0.158 e. The summed E-state index contributed by atoms with van der Waals surface area (Å²) >= 11 is 0. The van der Waals surface area contributed by atoms with Crippen LogP contribution in [0.15, 0.2) is 11.1 Å². The van der Waals surface area contributed by atoms with Gasteiger partial charge in [0.2, 0.25) is 0 Å². The molecule has 0 radical (unpaired) electrons. The van der Waals surface area contributed by atoms with Crippen molar-refractivity contribution in [1.29, 1.82) is 0 Å². The van der Waals surface area contributed by atoms with Gasteiger partial charge in [-0.2, -0.15) is 0 Å². The predicted molar refractivity (Wildman–Crippen MR) is 60.1 cm³/mol. The molecule has 2 aliphatic rings. The van der Waals surface area contributed by atoms with Gasteiger partial charge in [0.25, 0.3) is 0 Å². The molecule has 2 aliphatic carbocycles. The van der Waals surface area contributed by atoms with E-state index in [0.717, 1.165) is 24.0 Å². The normalized spacial score (nSPS) is 30.6. The predicted octanol–water partition coefficient (Wildman–Crippen LogP) is 2.05. The lowest BCUT2D eigenvalue weighted by Gasteiger charge is -2.41. The first-order valence-electron chi connectivity index (χ1n) is 5.87. The summed E-state index contributed by atoms with van der Waals surface area (Å²) in [6.45, 7) is 2.30. The lowest BCUT2D eigenvalue weighted by molar-refractivity contribution is -0.133. The zero-order valence-corrected chi connectivity index (χ0v) is 9.97. The number of allylic oxidation sites excluding steroid dienone is 1. The van der Waals surface area contributed by atoms with Crippen LogP contribution in [0, 0.1) is 5.41 Å². The minimum Gasteiger partial charge on any atom is -0.383 e. The number of hydrogen-bond donors (Lipinski definition) is 0. The van der Waals surface area contributed by atoms with Gasteiger partial charge in [-0.3, -0.25) is 9.59 Å². The van der Waals surface area contributed by atoms with Gasteiger partial charge in [-0.05, 0) is 37.3 Å². The molecule has 0 aromatic rings. The van der Waals surface area contributed by atoms with Crippen molar-refractivity contribution in [1.82, 2.24) is 0 Å².